The van der Waals surface area contributed by atoms with Crippen molar-refractivity contribution in [1.82, 2.24) is 5.32 Å². The van der Waals surface area contributed by atoms with Crippen LogP contribution in [0.25, 0.3) is 6.08 Å². The van der Waals surface area contributed by atoms with Crippen molar-refractivity contribution < 1.29 is 23.5 Å². The number of amides is 1. The molecule has 1 amide bonds. The Kier molecular flexibility index (Phi) is 8.21. The van der Waals surface area contributed by atoms with Gasteiger partial charge in [-0.15, -0.1) is 0 Å². The molecular weight excluding hydrogens is 361 g/mol. The highest BCUT2D eigenvalue weighted by Gasteiger charge is 2.14. The van der Waals surface area contributed by atoms with Gasteiger partial charge < -0.3 is 14.8 Å². The van der Waals surface area contributed by atoms with E-state index in [1.807, 2.05) is 37.3 Å². The number of ether oxygens (including phenoxy) is 2. The Morgan fingerprint density at radius 1 is 1.18 bits per heavy atom. The molecule has 0 saturated heterocycles. The van der Waals surface area contributed by atoms with Crippen molar-refractivity contribution in [1.29, 1.82) is 0 Å². The summed E-state index contributed by atoms with van der Waals surface area (Å²) in [5, 5.41) is 2.88. The molecule has 5 nitrogen and oxygen atoms in total. The van der Waals surface area contributed by atoms with Crippen LogP contribution in [0.5, 0.6) is 5.75 Å². The lowest BCUT2D eigenvalue weighted by Crippen LogP contribution is -2.32. The standard InChI is InChI=1S/C22H24FNO4/c1-3-7-19(17-8-5-4-6-9-17)24-21(25)15-28-22(26)13-11-16-10-12-20(27-2)18(23)14-16/h4-6,8-14,19H,3,7,15H2,1-2H3,(H,24,25)/b13-11+/t19-/m1/s1. The van der Waals surface area contributed by atoms with Gasteiger partial charge in [0.2, 0.25) is 0 Å². The second kappa shape index (κ2) is 10.9. The number of hydrogen-bond donors (Lipinski definition) is 1. The van der Waals surface area contributed by atoms with Crippen LogP contribution in [-0.2, 0) is 14.3 Å². The van der Waals surface area contributed by atoms with Gasteiger partial charge in [-0.2, -0.15) is 0 Å². The number of carbonyl (C=O) groups is 2. The summed E-state index contributed by atoms with van der Waals surface area (Å²) < 4.78 is 23.4. The number of benzene rings is 2. The Labute approximate surface area is 164 Å². The first kappa shape index (κ1) is 21.2. The predicted molar refractivity (Wildman–Crippen MR) is 105 cm³/mol. The molecule has 0 aliphatic carbocycles. The summed E-state index contributed by atoms with van der Waals surface area (Å²) in [6.07, 6.45) is 4.25. The van der Waals surface area contributed by atoms with Gasteiger partial charge >= 0.3 is 5.97 Å². The Hall–Kier alpha value is -3.15. The first-order valence-corrected chi connectivity index (χ1v) is 9.06. The first-order valence-electron chi connectivity index (χ1n) is 9.06. The van der Waals surface area contributed by atoms with Gasteiger partial charge in [0.15, 0.2) is 18.2 Å². The van der Waals surface area contributed by atoms with E-state index >= 15 is 0 Å². The Balaban J connectivity index is 1.85. The highest BCUT2D eigenvalue weighted by molar-refractivity contribution is 5.89. The smallest absolute Gasteiger partial charge is 0.331 e. The van der Waals surface area contributed by atoms with E-state index in [9.17, 15) is 14.0 Å². The molecule has 2 aromatic carbocycles. The molecule has 0 spiro atoms. The van der Waals surface area contributed by atoms with Crippen LogP contribution in [0.4, 0.5) is 4.39 Å². The number of carbonyl (C=O) groups excluding carboxylic acids is 2. The third-order valence-corrected chi connectivity index (χ3v) is 4.05. The minimum Gasteiger partial charge on any atom is -0.494 e. The molecular formula is C22H24FNO4. The van der Waals surface area contributed by atoms with Gasteiger partial charge in [0.05, 0.1) is 13.2 Å². The lowest BCUT2D eigenvalue weighted by Gasteiger charge is -2.18. The van der Waals surface area contributed by atoms with Crippen molar-refractivity contribution in [2.45, 2.75) is 25.8 Å². The number of hydrogen-bond acceptors (Lipinski definition) is 4. The highest BCUT2D eigenvalue weighted by Crippen LogP contribution is 2.19. The first-order chi connectivity index (χ1) is 13.5. The molecule has 0 radical (unpaired) electrons. The molecule has 6 heteroatoms. The topological polar surface area (TPSA) is 64.6 Å². The number of methoxy groups -OCH3 is 1. The molecule has 1 atom stereocenters. The van der Waals surface area contributed by atoms with Gasteiger partial charge in [-0.05, 0) is 35.8 Å². The molecule has 2 rings (SSSR count). The fraction of sp³-hybridized carbons (Fsp3) is 0.273. The second-order valence-electron chi connectivity index (χ2n) is 6.15. The van der Waals surface area contributed by atoms with Crippen LogP contribution >= 0.6 is 0 Å². The van der Waals surface area contributed by atoms with E-state index in [4.69, 9.17) is 9.47 Å². The number of halogens is 1. The highest BCUT2D eigenvalue weighted by atomic mass is 19.1. The third-order valence-electron chi connectivity index (χ3n) is 4.05. The van der Waals surface area contributed by atoms with E-state index in [0.29, 0.717) is 5.56 Å². The van der Waals surface area contributed by atoms with Gasteiger partial charge in [-0.1, -0.05) is 49.7 Å². The van der Waals surface area contributed by atoms with E-state index in [0.717, 1.165) is 24.5 Å². The largest absolute Gasteiger partial charge is 0.494 e. The molecule has 0 bridgehead atoms. The van der Waals surface area contributed by atoms with Gasteiger partial charge in [0.25, 0.3) is 5.91 Å². The minimum absolute atomic E-state index is 0.122. The number of rotatable bonds is 9. The summed E-state index contributed by atoms with van der Waals surface area (Å²) >= 11 is 0. The van der Waals surface area contributed by atoms with Crippen molar-refractivity contribution in [3.8, 4) is 5.75 Å². The van der Waals surface area contributed by atoms with Crippen molar-refractivity contribution in [3.63, 3.8) is 0 Å². The molecule has 0 aromatic heterocycles. The Bertz CT molecular complexity index is 821. The van der Waals surface area contributed by atoms with E-state index in [2.05, 4.69) is 5.32 Å². The monoisotopic (exact) mass is 385 g/mol. The van der Waals surface area contributed by atoms with Crippen LogP contribution in [0, 0.1) is 5.82 Å². The summed E-state index contributed by atoms with van der Waals surface area (Å²) in [6, 6.07) is 13.8. The number of esters is 1. The average Bonchev–Trinajstić information content (AvgIpc) is 2.71. The van der Waals surface area contributed by atoms with Crippen molar-refractivity contribution in [2.75, 3.05) is 13.7 Å². The molecule has 1 N–H and O–H groups in total. The van der Waals surface area contributed by atoms with Crippen LogP contribution in [0.1, 0.15) is 36.9 Å². The molecule has 0 unspecified atom stereocenters. The summed E-state index contributed by atoms with van der Waals surface area (Å²) in [4.78, 5) is 23.9. The van der Waals surface area contributed by atoms with E-state index in [1.54, 1.807) is 6.07 Å². The lowest BCUT2D eigenvalue weighted by atomic mass is 10.0. The van der Waals surface area contributed by atoms with E-state index in [-0.39, 0.29) is 24.3 Å². The third kappa shape index (κ3) is 6.54. The molecule has 0 saturated carbocycles. The quantitative estimate of drug-likeness (QED) is 0.522. The molecule has 0 aliphatic heterocycles. The zero-order chi connectivity index (χ0) is 20.4. The van der Waals surface area contributed by atoms with Crippen LogP contribution < -0.4 is 10.1 Å². The number of nitrogens with one attached hydrogen (secondary N) is 1. The predicted octanol–water partition coefficient (Wildman–Crippen LogP) is 4.05. The van der Waals surface area contributed by atoms with Crippen molar-refractivity contribution in [2.24, 2.45) is 0 Å². The van der Waals surface area contributed by atoms with Crippen LogP contribution in [0.15, 0.2) is 54.6 Å². The zero-order valence-electron chi connectivity index (χ0n) is 16.0. The maximum absolute atomic E-state index is 13.6. The normalized spacial score (nSPS) is 11.8. The van der Waals surface area contributed by atoms with Gasteiger partial charge in [0.1, 0.15) is 0 Å². The lowest BCUT2D eigenvalue weighted by molar-refractivity contribution is -0.144. The fourth-order valence-electron chi connectivity index (χ4n) is 2.67. The SMILES string of the molecule is CCC[C@@H](NC(=O)COC(=O)/C=C/c1ccc(OC)c(F)c1)c1ccccc1. The molecule has 148 valence electrons. The van der Waals surface area contributed by atoms with Gasteiger partial charge in [-0.25, -0.2) is 9.18 Å². The van der Waals surface area contributed by atoms with E-state index < -0.39 is 11.8 Å². The molecule has 0 aliphatic rings. The Morgan fingerprint density at radius 2 is 1.93 bits per heavy atom. The van der Waals surface area contributed by atoms with Crippen molar-refractivity contribution >= 4 is 18.0 Å². The summed E-state index contributed by atoms with van der Waals surface area (Å²) in [6.45, 7) is 1.65. The van der Waals surface area contributed by atoms with Gasteiger partial charge in [-0.3, -0.25) is 4.79 Å². The van der Waals surface area contributed by atoms with Crippen LogP contribution in [0.3, 0.4) is 0 Å². The summed E-state index contributed by atoms with van der Waals surface area (Å²) in [5.41, 5.74) is 1.48. The zero-order valence-corrected chi connectivity index (χ0v) is 16.0. The maximum atomic E-state index is 13.6. The maximum Gasteiger partial charge on any atom is 0.331 e. The summed E-state index contributed by atoms with van der Waals surface area (Å²) in [5.74, 6) is -1.46. The van der Waals surface area contributed by atoms with Crippen LogP contribution in [0.2, 0.25) is 0 Å². The Morgan fingerprint density at radius 3 is 2.57 bits per heavy atom. The molecule has 2 aromatic rings. The summed E-state index contributed by atoms with van der Waals surface area (Å²) in [7, 11) is 1.37. The fourth-order valence-corrected chi connectivity index (χ4v) is 2.67. The van der Waals surface area contributed by atoms with Gasteiger partial charge in [0, 0.05) is 6.08 Å². The minimum atomic E-state index is -0.682. The molecule has 28 heavy (non-hydrogen) atoms. The molecule has 0 fully saturated rings. The average molecular weight is 385 g/mol. The van der Waals surface area contributed by atoms with E-state index in [1.165, 1.54) is 25.3 Å². The van der Waals surface area contributed by atoms with Crippen molar-refractivity contribution in [3.05, 3.63) is 71.6 Å². The molecule has 0 heterocycles. The van der Waals surface area contributed by atoms with Crippen LogP contribution in [-0.4, -0.2) is 25.6 Å². The second-order valence-corrected chi connectivity index (χ2v) is 6.15.